The molecule has 0 aliphatic rings. The van der Waals surface area contributed by atoms with E-state index in [0.717, 1.165) is 132 Å². The van der Waals surface area contributed by atoms with Crippen molar-refractivity contribution in [2.75, 3.05) is 0 Å². The zero-order valence-electron chi connectivity index (χ0n) is 36.3. The van der Waals surface area contributed by atoms with Crippen molar-refractivity contribution in [3.05, 3.63) is 206 Å². The van der Waals surface area contributed by atoms with Crippen LogP contribution in [0.4, 0.5) is 0 Å². The first kappa shape index (κ1) is 36.1. The second-order valence-corrected chi connectivity index (χ2v) is 18.3. The summed E-state index contributed by atoms with van der Waals surface area (Å²) in [5.74, 6) is 0. The lowest BCUT2D eigenvalue weighted by atomic mass is 9.81. The molecule has 68 heavy (non-hydrogen) atoms. The monoisotopic (exact) mass is 866 g/mol. The molecule has 4 aromatic heterocycles. The molecular weight excluding hydrogens is 833 g/mol. The zero-order valence-corrected chi connectivity index (χ0v) is 36.3. The Bertz CT molecular complexity index is 4200. The number of hydrogen-bond donors (Lipinski definition) is 0. The largest absolute Gasteiger partial charge is 0.456 e. The molecule has 0 bridgehead atoms. The Morgan fingerprint density at radius 1 is 0.176 bits per heavy atom. The third kappa shape index (κ3) is 4.98. The highest BCUT2D eigenvalue weighted by Crippen LogP contribution is 2.50. The van der Waals surface area contributed by atoms with Gasteiger partial charge in [0.25, 0.3) is 0 Å². The van der Waals surface area contributed by atoms with Crippen molar-refractivity contribution < 1.29 is 17.7 Å². The molecule has 4 heterocycles. The van der Waals surface area contributed by atoms with E-state index in [9.17, 15) is 0 Å². The van der Waals surface area contributed by atoms with E-state index in [0.29, 0.717) is 0 Å². The van der Waals surface area contributed by atoms with Crippen molar-refractivity contribution in [2.24, 2.45) is 0 Å². The van der Waals surface area contributed by atoms with E-state index in [1.807, 2.05) is 48.5 Å². The van der Waals surface area contributed by atoms with Crippen molar-refractivity contribution in [3.63, 3.8) is 0 Å². The molecule has 0 aliphatic heterocycles. The number of hydrogen-bond acceptors (Lipinski definition) is 4. The Labute approximate surface area is 386 Å². The first-order valence-electron chi connectivity index (χ1n) is 23.1. The minimum Gasteiger partial charge on any atom is -0.456 e. The van der Waals surface area contributed by atoms with Gasteiger partial charge in [-0.3, -0.25) is 0 Å². The summed E-state index contributed by atoms with van der Waals surface area (Å²) in [5.41, 5.74) is 15.9. The number of rotatable bonds is 4. The summed E-state index contributed by atoms with van der Waals surface area (Å²) in [7, 11) is 0. The van der Waals surface area contributed by atoms with Gasteiger partial charge in [-0.15, -0.1) is 0 Å². The van der Waals surface area contributed by atoms with Crippen molar-refractivity contribution in [1.82, 2.24) is 0 Å². The van der Waals surface area contributed by atoms with Crippen LogP contribution in [0.25, 0.3) is 165 Å². The SMILES string of the molecule is c1ccc2c(c1)oc1cc(-c3cc(-c4ccc5c(c4)oc4ccccc45)c4ccc5c(-c6ccc7c(c6)oc6ccccc67)cc(-c6ccc7c(c6)oc6ccccc67)c6ccc3c4c65)ccc12. The molecule has 0 atom stereocenters. The molecular formula is C64H34O4. The standard InChI is InChI=1S/C64H34O4/c1-5-13-55-39(9-1)43-21-17-35(29-59(43)65-55)51-33-52(36-18-22-44-40-10-2-6-14-56(40)66-60(44)30-36)48-27-28-50-54(38-20-24-46-42-12-4-8-16-58(42)68-62(46)32-38)34-53(49-26-25-47(51)63(48)64(49)50)37-19-23-45-41-11-3-7-15-57(41)67-61(45)31-37/h1-34H. The predicted molar refractivity (Wildman–Crippen MR) is 281 cm³/mol. The molecule has 0 N–H and O–H groups in total. The topological polar surface area (TPSA) is 52.6 Å². The normalized spacial score (nSPS) is 12.4. The summed E-state index contributed by atoms with van der Waals surface area (Å²) in [6, 6.07) is 74.0. The second-order valence-electron chi connectivity index (χ2n) is 18.3. The molecule has 0 spiro atoms. The van der Waals surface area contributed by atoms with Gasteiger partial charge in [-0.1, -0.05) is 121 Å². The molecule has 12 aromatic carbocycles. The van der Waals surface area contributed by atoms with Gasteiger partial charge in [0.2, 0.25) is 0 Å². The maximum atomic E-state index is 6.53. The van der Waals surface area contributed by atoms with E-state index in [2.05, 4.69) is 158 Å². The van der Waals surface area contributed by atoms with Crippen LogP contribution in [0.15, 0.2) is 224 Å². The van der Waals surface area contributed by atoms with Crippen LogP contribution in [0.3, 0.4) is 0 Å². The highest BCUT2D eigenvalue weighted by atomic mass is 16.3. The third-order valence-corrected chi connectivity index (χ3v) is 14.7. The van der Waals surface area contributed by atoms with Gasteiger partial charge < -0.3 is 17.7 Å². The molecule has 0 saturated heterocycles. The molecule has 16 rings (SSSR count). The summed E-state index contributed by atoms with van der Waals surface area (Å²) in [6.45, 7) is 0. The van der Waals surface area contributed by atoms with Crippen molar-refractivity contribution >= 4 is 120 Å². The van der Waals surface area contributed by atoms with Gasteiger partial charge in [0.15, 0.2) is 0 Å². The van der Waals surface area contributed by atoms with Gasteiger partial charge in [-0.05, 0) is 162 Å². The minimum atomic E-state index is 0.867. The molecule has 0 aliphatic carbocycles. The molecule has 4 nitrogen and oxygen atoms in total. The molecule has 4 heteroatoms. The molecule has 0 radical (unpaired) electrons. The minimum absolute atomic E-state index is 0.867. The lowest BCUT2D eigenvalue weighted by Gasteiger charge is -2.21. The molecule has 0 saturated carbocycles. The van der Waals surface area contributed by atoms with Crippen molar-refractivity contribution in [2.45, 2.75) is 0 Å². The first-order chi connectivity index (χ1) is 33.7. The van der Waals surface area contributed by atoms with Crippen molar-refractivity contribution in [3.8, 4) is 44.5 Å². The van der Waals surface area contributed by atoms with Crippen molar-refractivity contribution in [1.29, 1.82) is 0 Å². The van der Waals surface area contributed by atoms with E-state index in [1.54, 1.807) is 0 Å². The van der Waals surface area contributed by atoms with Gasteiger partial charge in [0.05, 0.1) is 0 Å². The van der Waals surface area contributed by atoms with Crippen LogP contribution < -0.4 is 0 Å². The maximum Gasteiger partial charge on any atom is 0.136 e. The first-order valence-corrected chi connectivity index (χ1v) is 23.1. The second kappa shape index (κ2) is 13.3. The van der Waals surface area contributed by atoms with Gasteiger partial charge in [-0.2, -0.15) is 0 Å². The van der Waals surface area contributed by atoms with E-state index in [1.165, 1.54) is 32.3 Å². The molecule has 0 unspecified atom stereocenters. The van der Waals surface area contributed by atoms with Crippen LogP contribution in [0.2, 0.25) is 0 Å². The Morgan fingerprint density at radius 2 is 0.397 bits per heavy atom. The molecule has 314 valence electrons. The van der Waals surface area contributed by atoms with Crippen LogP contribution in [0, 0.1) is 0 Å². The molecule has 0 fully saturated rings. The quantitative estimate of drug-likeness (QED) is 0.165. The number of furan rings is 4. The predicted octanol–water partition coefficient (Wildman–Crippen LogP) is 18.8. The Morgan fingerprint density at radius 3 is 0.662 bits per heavy atom. The molecule has 16 aromatic rings. The number of fused-ring (bicyclic) bond motifs is 12. The van der Waals surface area contributed by atoms with Gasteiger partial charge in [0.1, 0.15) is 44.7 Å². The zero-order chi connectivity index (χ0) is 44.2. The van der Waals surface area contributed by atoms with E-state index >= 15 is 0 Å². The Balaban J connectivity index is 1.03. The lowest BCUT2D eigenvalue weighted by Crippen LogP contribution is -1.94. The number of para-hydroxylation sites is 4. The van der Waals surface area contributed by atoms with Crippen LogP contribution in [0.5, 0.6) is 0 Å². The lowest BCUT2D eigenvalue weighted by molar-refractivity contribution is 0.668. The average molecular weight is 867 g/mol. The van der Waals surface area contributed by atoms with E-state index in [4.69, 9.17) is 17.7 Å². The van der Waals surface area contributed by atoms with Crippen LogP contribution in [-0.4, -0.2) is 0 Å². The summed E-state index contributed by atoms with van der Waals surface area (Å²) < 4.78 is 26.1. The third-order valence-electron chi connectivity index (χ3n) is 14.7. The van der Waals surface area contributed by atoms with E-state index in [-0.39, 0.29) is 0 Å². The fourth-order valence-corrected chi connectivity index (χ4v) is 11.5. The van der Waals surface area contributed by atoms with Gasteiger partial charge >= 0.3 is 0 Å². The fourth-order valence-electron chi connectivity index (χ4n) is 11.5. The van der Waals surface area contributed by atoms with E-state index < -0.39 is 0 Å². The van der Waals surface area contributed by atoms with Crippen LogP contribution in [-0.2, 0) is 0 Å². The Hall–Kier alpha value is -9.12. The highest BCUT2D eigenvalue weighted by Gasteiger charge is 2.23. The Kier molecular flexibility index (Phi) is 7.04. The summed E-state index contributed by atoms with van der Waals surface area (Å²) in [4.78, 5) is 0. The summed E-state index contributed by atoms with van der Waals surface area (Å²) in [6.07, 6.45) is 0. The highest BCUT2D eigenvalue weighted by molar-refractivity contribution is 6.32. The van der Waals surface area contributed by atoms with Crippen LogP contribution in [0.1, 0.15) is 0 Å². The van der Waals surface area contributed by atoms with Crippen LogP contribution >= 0.6 is 0 Å². The van der Waals surface area contributed by atoms with Gasteiger partial charge in [0, 0.05) is 43.1 Å². The summed E-state index contributed by atoms with van der Waals surface area (Å²) >= 11 is 0. The smallest absolute Gasteiger partial charge is 0.136 e. The summed E-state index contributed by atoms with van der Waals surface area (Å²) in [5, 5.41) is 16.0. The number of benzene rings is 12. The molecule has 0 amide bonds. The van der Waals surface area contributed by atoms with Gasteiger partial charge in [-0.25, -0.2) is 0 Å². The fraction of sp³-hybridized carbons (Fsp3) is 0. The maximum absolute atomic E-state index is 6.53. The average Bonchev–Trinajstić information content (AvgIpc) is 4.16.